The number of hydrogen-bond donors (Lipinski definition) is 2. The summed E-state index contributed by atoms with van der Waals surface area (Å²) < 4.78 is 4.99. The molecule has 0 aromatic heterocycles. The molecule has 0 bridgehead atoms. The van der Waals surface area contributed by atoms with Gasteiger partial charge in [0.05, 0.1) is 19.3 Å². The summed E-state index contributed by atoms with van der Waals surface area (Å²) in [6.45, 7) is 5.16. The Morgan fingerprint density at radius 2 is 2.23 bits per heavy atom. The smallest absolute Gasteiger partial charge is 0.221 e. The second-order valence-corrected chi connectivity index (χ2v) is 3.29. The Hall–Kier alpha value is -0.610. The van der Waals surface area contributed by atoms with Gasteiger partial charge in [-0.05, 0) is 6.42 Å². The molecule has 2 N–H and O–H groups in total. The minimum absolute atomic E-state index is 0.134. The molecule has 4 nitrogen and oxygen atoms in total. The summed E-state index contributed by atoms with van der Waals surface area (Å²) in [5.74, 6) is 0.134. The van der Waals surface area contributed by atoms with Crippen molar-refractivity contribution in [2.24, 2.45) is 0 Å². The average Bonchev–Trinajstić information content (AvgIpc) is 2.06. The first-order valence-electron chi connectivity index (χ1n) is 4.90. The zero-order valence-corrected chi connectivity index (χ0v) is 8.14. The molecule has 1 aliphatic heterocycles. The molecule has 1 saturated heterocycles. The largest absolute Gasteiger partial charge is 0.378 e. The van der Waals surface area contributed by atoms with Crippen molar-refractivity contribution in [1.82, 2.24) is 10.6 Å². The van der Waals surface area contributed by atoms with E-state index in [2.05, 4.69) is 10.6 Å². The highest BCUT2D eigenvalue weighted by Gasteiger charge is 2.16. The van der Waals surface area contributed by atoms with Gasteiger partial charge < -0.3 is 15.4 Å². The molecular formula is C9H18N2O2. The Balaban J connectivity index is 1.88. The fourth-order valence-corrected chi connectivity index (χ4v) is 1.10. The molecule has 1 fully saturated rings. The fourth-order valence-electron chi connectivity index (χ4n) is 1.10. The fraction of sp³-hybridized carbons (Fsp3) is 0.889. The number of carbonyl (C=O) groups is 1. The topological polar surface area (TPSA) is 50.4 Å². The van der Waals surface area contributed by atoms with Crippen LogP contribution in [0.2, 0.25) is 0 Å². The molecular weight excluding hydrogens is 168 g/mol. The van der Waals surface area contributed by atoms with Crippen molar-refractivity contribution in [3.05, 3.63) is 0 Å². The first kappa shape index (κ1) is 10.5. The van der Waals surface area contributed by atoms with Crippen LogP contribution in [-0.2, 0) is 9.53 Å². The number of nitrogens with one attached hydrogen (secondary N) is 2. The maximum Gasteiger partial charge on any atom is 0.221 e. The predicted molar refractivity (Wildman–Crippen MR) is 50.5 cm³/mol. The van der Waals surface area contributed by atoms with Gasteiger partial charge in [0.1, 0.15) is 0 Å². The molecule has 4 heteroatoms. The predicted octanol–water partition coefficient (Wildman–Crippen LogP) is -0.109. The molecule has 13 heavy (non-hydrogen) atoms. The highest BCUT2D eigenvalue weighted by Crippen LogP contribution is 1.98. The Bertz CT molecular complexity index is 158. The quantitative estimate of drug-likeness (QED) is 0.608. The van der Waals surface area contributed by atoms with Crippen molar-refractivity contribution < 1.29 is 9.53 Å². The molecule has 0 unspecified atom stereocenters. The van der Waals surface area contributed by atoms with Crippen LogP contribution < -0.4 is 10.6 Å². The Morgan fingerprint density at radius 3 is 2.77 bits per heavy atom. The third kappa shape index (κ3) is 4.24. The zero-order chi connectivity index (χ0) is 9.52. The minimum Gasteiger partial charge on any atom is -0.378 e. The van der Waals surface area contributed by atoms with E-state index in [1.54, 1.807) is 0 Å². The van der Waals surface area contributed by atoms with Crippen LogP contribution in [0.3, 0.4) is 0 Å². The number of hydrogen-bond acceptors (Lipinski definition) is 3. The van der Waals surface area contributed by atoms with Gasteiger partial charge >= 0.3 is 0 Å². The van der Waals surface area contributed by atoms with E-state index in [1.165, 1.54) is 0 Å². The van der Waals surface area contributed by atoms with Crippen LogP contribution in [-0.4, -0.2) is 38.3 Å². The van der Waals surface area contributed by atoms with E-state index in [1.807, 2.05) is 6.92 Å². The van der Waals surface area contributed by atoms with Crippen LogP contribution in [0.5, 0.6) is 0 Å². The zero-order valence-electron chi connectivity index (χ0n) is 8.14. The first-order valence-corrected chi connectivity index (χ1v) is 4.90. The van der Waals surface area contributed by atoms with Gasteiger partial charge in [0.25, 0.3) is 0 Å². The van der Waals surface area contributed by atoms with Crippen LogP contribution >= 0.6 is 0 Å². The molecule has 0 aromatic rings. The Labute approximate surface area is 79.0 Å². The van der Waals surface area contributed by atoms with Gasteiger partial charge in [-0.3, -0.25) is 4.79 Å². The summed E-state index contributed by atoms with van der Waals surface area (Å²) in [6.07, 6.45) is 1.56. The van der Waals surface area contributed by atoms with Gasteiger partial charge in [0.2, 0.25) is 5.91 Å². The van der Waals surface area contributed by atoms with Gasteiger partial charge in [-0.25, -0.2) is 0 Å². The van der Waals surface area contributed by atoms with Crippen molar-refractivity contribution in [1.29, 1.82) is 0 Å². The lowest BCUT2D eigenvalue weighted by Crippen LogP contribution is -2.46. The summed E-state index contributed by atoms with van der Waals surface area (Å²) in [5, 5.41) is 6.07. The monoisotopic (exact) mass is 186 g/mol. The van der Waals surface area contributed by atoms with Crippen molar-refractivity contribution >= 4 is 5.91 Å². The van der Waals surface area contributed by atoms with Gasteiger partial charge in [-0.2, -0.15) is 0 Å². The molecule has 0 aromatic carbocycles. The second-order valence-electron chi connectivity index (χ2n) is 3.29. The van der Waals surface area contributed by atoms with Gasteiger partial charge in [-0.15, -0.1) is 0 Å². The van der Waals surface area contributed by atoms with E-state index in [0.717, 1.165) is 32.7 Å². The normalized spacial score (nSPS) is 16.7. The van der Waals surface area contributed by atoms with Crippen LogP contribution in [0, 0.1) is 0 Å². The molecule has 0 spiro atoms. The Kier molecular flexibility index (Phi) is 4.78. The van der Waals surface area contributed by atoms with Gasteiger partial charge in [0, 0.05) is 19.5 Å². The lowest BCUT2D eigenvalue weighted by atomic mass is 10.2. The third-order valence-corrected chi connectivity index (χ3v) is 2.00. The van der Waals surface area contributed by atoms with Crippen molar-refractivity contribution in [2.75, 3.05) is 26.3 Å². The van der Waals surface area contributed by atoms with Crippen LogP contribution in [0.4, 0.5) is 0 Å². The van der Waals surface area contributed by atoms with Crippen LogP contribution in [0.1, 0.15) is 19.8 Å². The minimum atomic E-state index is 0.134. The maximum atomic E-state index is 11.1. The van der Waals surface area contributed by atoms with Crippen LogP contribution in [0.15, 0.2) is 0 Å². The van der Waals surface area contributed by atoms with E-state index >= 15 is 0 Å². The highest BCUT2D eigenvalue weighted by atomic mass is 16.5. The first-order chi connectivity index (χ1) is 6.33. The van der Waals surface area contributed by atoms with E-state index in [4.69, 9.17) is 4.74 Å². The molecule has 0 saturated carbocycles. The molecule has 1 heterocycles. The van der Waals surface area contributed by atoms with E-state index in [-0.39, 0.29) is 5.91 Å². The molecule has 1 aliphatic rings. The second kappa shape index (κ2) is 5.94. The van der Waals surface area contributed by atoms with Gasteiger partial charge in [-0.1, -0.05) is 6.92 Å². The molecule has 0 aliphatic carbocycles. The summed E-state index contributed by atoms with van der Waals surface area (Å²) in [4.78, 5) is 11.1. The van der Waals surface area contributed by atoms with Crippen LogP contribution in [0.25, 0.3) is 0 Å². The molecule has 76 valence electrons. The lowest BCUT2D eigenvalue weighted by Gasteiger charge is -2.26. The van der Waals surface area contributed by atoms with Gasteiger partial charge in [0.15, 0.2) is 0 Å². The standard InChI is InChI=1S/C9H18N2O2/c1-2-4-11-9(12)3-5-10-8-6-13-7-8/h8,10H,2-7H2,1H3,(H,11,12). The molecule has 1 rings (SSSR count). The van der Waals surface area contributed by atoms with E-state index in [0.29, 0.717) is 12.5 Å². The van der Waals surface area contributed by atoms with Crippen molar-refractivity contribution in [2.45, 2.75) is 25.8 Å². The van der Waals surface area contributed by atoms with Crippen molar-refractivity contribution in [3.63, 3.8) is 0 Å². The number of carbonyl (C=O) groups excluding carboxylic acids is 1. The SMILES string of the molecule is CCCNC(=O)CCNC1COC1. The molecule has 0 radical (unpaired) electrons. The Morgan fingerprint density at radius 1 is 1.46 bits per heavy atom. The molecule has 1 amide bonds. The molecule has 0 atom stereocenters. The summed E-state index contributed by atoms with van der Waals surface area (Å²) >= 11 is 0. The average molecular weight is 186 g/mol. The van der Waals surface area contributed by atoms with E-state index in [9.17, 15) is 4.79 Å². The highest BCUT2D eigenvalue weighted by molar-refractivity contribution is 5.75. The summed E-state index contributed by atoms with van der Waals surface area (Å²) in [6, 6.07) is 0.471. The number of ether oxygens (including phenoxy) is 1. The summed E-state index contributed by atoms with van der Waals surface area (Å²) in [7, 11) is 0. The number of rotatable bonds is 6. The number of amides is 1. The van der Waals surface area contributed by atoms with Crippen molar-refractivity contribution in [3.8, 4) is 0 Å². The summed E-state index contributed by atoms with van der Waals surface area (Å²) in [5.41, 5.74) is 0. The maximum absolute atomic E-state index is 11.1. The van der Waals surface area contributed by atoms with E-state index < -0.39 is 0 Å². The third-order valence-electron chi connectivity index (χ3n) is 2.00. The lowest BCUT2D eigenvalue weighted by molar-refractivity contribution is -0.121.